The summed E-state index contributed by atoms with van der Waals surface area (Å²) in [5.74, 6) is -1.08. The summed E-state index contributed by atoms with van der Waals surface area (Å²) in [6, 6.07) is 0. The number of allylic oxidation sites excluding steroid dienone is 24. The van der Waals surface area contributed by atoms with Gasteiger partial charge in [-0.25, -0.2) is 0 Å². The molecule has 0 amide bonds. The van der Waals surface area contributed by atoms with Gasteiger partial charge in [-0.3, -0.25) is 14.4 Å². The molecule has 0 aromatic rings. The second-order valence-corrected chi connectivity index (χ2v) is 18.8. The van der Waals surface area contributed by atoms with E-state index < -0.39 is 12.1 Å². The molecule has 410 valence electrons. The molecule has 6 heteroatoms. The lowest BCUT2D eigenvalue weighted by Gasteiger charge is -2.18. The minimum atomic E-state index is -0.845. The van der Waals surface area contributed by atoms with Crippen LogP contribution < -0.4 is 0 Å². The zero-order valence-electron chi connectivity index (χ0n) is 46.8. The number of unbranched alkanes of at least 4 members (excludes halogenated alkanes) is 16. The van der Waals surface area contributed by atoms with E-state index in [0.717, 1.165) is 96.3 Å². The minimum Gasteiger partial charge on any atom is -0.462 e. The van der Waals surface area contributed by atoms with Crippen LogP contribution in [0.15, 0.2) is 146 Å². The van der Waals surface area contributed by atoms with E-state index in [2.05, 4.69) is 154 Å². The summed E-state index contributed by atoms with van der Waals surface area (Å²) in [6.07, 6.45) is 85.8. The number of ether oxygens (including phenoxy) is 3. The van der Waals surface area contributed by atoms with Crippen LogP contribution >= 0.6 is 0 Å². The first-order valence-corrected chi connectivity index (χ1v) is 29.3. The predicted octanol–water partition coefficient (Wildman–Crippen LogP) is 20.0. The number of hydrogen-bond donors (Lipinski definition) is 0. The number of rotatable bonds is 51. The molecular weight excluding hydrogens is 901 g/mol. The smallest absolute Gasteiger partial charge is 0.306 e. The Morgan fingerprint density at radius 3 is 0.959 bits per heavy atom. The standard InChI is InChI=1S/C67H106O6/c1-4-7-10-13-16-19-22-25-27-29-30-31-32-33-34-35-36-38-39-42-45-48-51-54-57-60-66(69)72-63-64(62-71-65(68)59-56-53-50-47-44-41-24-21-18-15-12-9-6-3)73-67(70)61-58-55-52-49-46-43-40-37-28-26-23-20-17-14-11-8-5-2/h8-9,11-12,17-18,20-22,25-26,28-30,32-33,40-41,43-44,49-50,52-53,64H,4-7,10,13-16,19,23-24,27,31,34-39,42,45-48,51,54-63H2,1-3H3/b11-8-,12-9-,20-17-,21-18-,25-22-,28-26-,30-29-,33-32-,43-40-,44-41-,52-49-,53-50-. The van der Waals surface area contributed by atoms with Crippen LogP contribution in [0.25, 0.3) is 0 Å². The third-order valence-electron chi connectivity index (χ3n) is 11.8. The van der Waals surface area contributed by atoms with Crippen LogP contribution in [0.5, 0.6) is 0 Å². The van der Waals surface area contributed by atoms with Gasteiger partial charge >= 0.3 is 17.9 Å². The van der Waals surface area contributed by atoms with E-state index >= 15 is 0 Å². The van der Waals surface area contributed by atoms with Crippen LogP contribution in [0.2, 0.25) is 0 Å². The third kappa shape index (κ3) is 58.1. The van der Waals surface area contributed by atoms with Gasteiger partial charge in [-0.15, -0.1) is 0 Å². The SMILES string of the molecule is CC/C=C\C/C=C\C/C=C\C/C=C\C/C=C\CCCC(=O)OC(COC(=O)CC/C=C\C/C=C\C/C=C\C/C=C\CC)COC(=O)CCCCCCCCCCCC/C=C\C/C=C\C/C=C\CCCCCCC. The monoisotopic (exact) mass is 1010 g/mol. The van der Waals surface area contributed by atoms with Crippen LogP contribution in [-0.4, -0.2) is 37.2 Å². The lowest BCUT2D eigenvalue weighted by Crippen LogP contribution is -2.30. The van der Waals surface area contributed by atoms with Crippen molar-refractivity contribution in [3.8, 4) is 0 Å². The van der Waals surface area contributed by atoms with Crippen molar-refractivity contribution in [2.24, 2.45) is 0 Å². The van der Waals surface area contributed by atoms with Gasteiger partial charge in [0.15, 0.2) is 6.10 Å². The van der Waals surface area contributed by atoms with Crippen molar-refractivity contribution in [2.75, 3.05) is 13.2 Å². The zero-order chi connectivity index (χ0) is 52.9. The fraction of sp³-hybridized carbons (Fsp3) is 0.597. The topological polar surface area (TPSA) is 78.9 Å². The summed E-state index contributed by atoms with van der Waals surface area (Å²) in [4.78, 5) is 38.1. The molecule has 0 aromatic carbocycles. The molecule has 0 aromatic heterocycles. The predicted molar refractivity (Wildman–Crippen MR) is 315 cm³/mol. The summed E-state index contributed by atoms with van der Waals surface area (Å²) in [5.41, 5.74) is 0. The molecule has 1 unspecified atom stereocenters. The number of carbonyl (C=O) groups is 3. The fourth-order valence-corrected chi connectivity index (χ4v) is 7.50. The minimum absolute atomic E-state index is 0.130. The number of esters is 3. The average molecular weight is 1010 g/mol. The Balaban J connectivity index is 4.47. The maximum atomic E-state index is 12.8. The van der Waals surface area contributed by atoms with Gasteiger partial charge in [-0.1, -0.05) is 244 Å². The Bertz CT molecular complexity index is 1630. The molecule has 0 saturated heterocycles. The van der Waals surface area contributed by atoms with E-state index in [9.17, 15) is 14.4 Å². The molecule has 6 nitrogen and oxygen atoms in total. The fourth-order valence-electron chi connectivity index (χ4n) is 7.50. The first-order chi connectivity index (χ1) is 36.0. The van der Waals surface area contributed by atoms with E-state index in [1.807, 2.05) is 12.2 Å². The second kappa shape index (κ2) is 59.8. The van der Waals surface area contributed by atoms with Crippen molar-refractivity contribution < 1.29 is 28.6 Å². The van der Waals surface area contributed by atoms with Gasteiger partial charge in [0.05, 0.1) is 0 Å². The van der Waals surface area contributed by atoms with E-state index in [4.69, 9.17) is 14.2 Å². The number of carbonyl (C=O) groups excluding carboxylic acids is 3. The molecule has 0 aliphatic rings. The van der Waals surface area contributed by atoms with E-state index in [0.29, 0.717) is 19.3 Å². The first kappa shape index (κ1) is 68.3. The van der Waals surface area contributed by atoms with Crippen LogP contribution in [0, 0.1) is 0 Å². The Hall–Kier alpha value is -4.71. The summed E-state index contributed by atoms with van der Waals surface area (Å²) in [6.45, 7) is 6.27. The third-order valence-corrected chi connectivity index (χ3v) is 11.8. The van der Waals surface area contributed by atoms with Gasteiger partial charge in [0, 0.05) is 19.3 Å². The van der Waals surface area contributed by atoms with Crippen molar-refractivity contribution in [1.29, 1.82) is 0 Å². The van der Waals surface area contributed by atoms with Gasteiger partial charge in [-0.2, -0.15) is 0 Å². The van der Waals surface area contributed by atoms with E-state index in [1.165, 1.54) is 89.9 Å². The Morgan fingerprint density at radius 1 is 0.288 bits per heavy atom. The van der Waals surface area contributed by atoms with Crippen molar-refractivity contribution in [1.82, 2.24) is 0 Å². The van der Waals surface area contributed by atoms with Gasteiger partial charge in [0.25, 0.3) is 0 Å². The van der Waals surface area contributed by atoms with Gasteiger partial charge in [0.1, 0.15) is 13.2 Å². The van der Waals surface area contributed by atoms with Crippen LogP contribution in [-0.2, 0) is 28.6 Å². The molecule has 0 spiro atoms. The molecule has 73 heavy (non-hydrogen) atoms. The van der Waals surface area contributed by atoms with Gasteiger partial charge < -0.3 is 14.2 Å². The molecule has 1 atom stereocenters. The molecule has 0 saturated carbocycles. The molecule has 0 aliphatic carbocycles. The van der Waals surface area contributed by atoms with E-state index in [-0.39, 0.29) is 38.0 Å². The Labute approximate surface area is 448 Å². The zero-order valence-corrected chi connectivity index (χ0v) is 46.8. The first-order valence-electron chi connectivity index (χ1n) is 29.3. The average Bonchev–Trinajstić information content (AvgIpc) is 3.39. The highest BCUT2D eigenvalue weighted by Gasteiger charge is 2.19. The quantitative estimate of drug-likeness (QED) is 0.0261. The maximum absolute atomic E-state index is 12.8. The highest BCUT2D eigenvalue weighted by atomic mass is 16.6. The molecular formula is C67H106O6. The van der Waals surface area contributed by atoms with Crippen LogP contribution in [0.3, 0.4) is 0 Å². The van der Waals surface area contributed by atoms with Crippen LogP contribution in [0.4, 0.5) is 0 Å². The molecule has 0 radical (unpaired) electrons. The summed E-state index contributed by atoms with van der Waals surface area (Å²) < 4.78 is 16.7. The van der Waals surface area contributed by atoms with E-state index in [1.54, 1.807) is 0 Å². The Morgan fingerprint density at radius 2 is 0.575 bits per heavy atom. The highest BCUT2D eigenvalue weighted by molar-refractivity contribution is 5.71. The molecule has 0 aliphatic heterocycles. The molecule has 0 N–H and O–H groups in total. The molecule has 0 heterocycles. The maximum Gasteiger partial charge on any atom is 0.306 e. The normalized spacial score (nSPS) is 13.2. The van der Waals surface area contributed by atoms with Crippen LogP contribution in [0.1, 0.15) is 239 Å². The summed E-state index contributed by atoms with van der Waals surface area (Å²) in [7, 11) is 0. The van der Waals surface area contributed by atoms with Crippen molar-refractivity contribution in [3.63, 3.8) is 0 Å². The van der Waals surface area contributed by atoms with Gasteiger partial charge in [0.2, 0.25) is 0 Å². The largest absolute Gasteiger partial charge is 0.462 e. The second-order valence-electron chi connectivity index (χ2n) is 18.8. The van der Waals surface area contributed by atoms with Crippen molar-refractivity contribution >= 4 is 17.9 Å². The Kier molecular flexibility index (Phi) is 56.0. The summed E-state index contributed by atoms with van der Waals surface area (Å²) in [5, 5.41) is 0. The van der Waals surface area contributed by atoms with Gasteiger partial charge in [-0.05, 0) is 122 Å². The van der Waals surface area contributed by atoms with Crippen molar-refractivity contribution in [2.45, 2.75) is 245 Å². The van der Waals surface area contributed by atoms with Crippen molar-refractivity contribution in [3.05, 3.63) is 146 Å². The summed E-state index contributed by atoms with van der Waals surface area (Å²) >= 11 is 0. The number of hydrogen-bond acceptors (Lipinski definition) is 6. The molecule has 0 fully saturated rings. The molecule has 0 rings (SSSR count). The molecule has 0 bridgehead atoms. The lowest BCUT2D eigenvalue weighted by atomic mass is 10.1. The lowest BCUT2D eigenvalue weighted by molar-refractivity contribution is -0.166. The highest BCUT2D eigenvalue weighted by Crippen LogP contribution is 2.14.